The molecule has 0 unspecified atom stereocenters. The van der Waals surface area contributed by atoms with Gasteiger partial charge in [0.15, 0.2) is 0 Å². The van der Waals surface area contributed by atoms with Crippen LogP contribution in [0.3, 0.4) is 0 Å². The van der Waals surface area contributed by atoms with Gasteiger partial charge in [-0.1, -0.05) is 26.7 Å². The summed E-state index contributed by atoms with van der Waals surface area (Å²) in [5.74, 6) is 0. The number of hydrogen-bond acceptors (Lipinski definition) is 0. The highest BCUT2D eigenvalue weighted by Crippen LogP contribution is 1.76. The van der Waals surface area contributed by atoms with Crippen molar-refractivity contribution in [3.63, 3.8) is 0 Å². The lowest BCUT2D eigenvalue weighted by Gasteiger charge is -1.68. The summed E-state index contributed by atoms with van der Waals surface area (Å²) < 4.78 is 0. The zero-order valence-corrected chi connectivity index (χ0v) is 9.41. The molecular weight excluding hydrogens is 160 g/mol. The molecule has 0 saturated heterocycles. The molecular formula is C4H10Si4. The smallest absolute Gasteiger partial charge is 0 e. The van der Waals surface area contributed by atoms with Crippen molar-refractivity contribution in [1.82, 2.24) is 0 Å². The highest BCUT2D eigenvalue weighted by atomic mass is 29.7. The van der Waals surface area contributed by atoms with Crippen LogP contribution in [0.1, 0.15) is 26.7 Å². The first-order valence-corrected chi connectivity index (χ1v) is 8.66. The molecule has 4 heteroatoms. The first-order valence-electron chi connectivity index (χ1n) is 2.66. The van der Waals surface area contributed by atoms with Gasteiger partial charge in [-0.3, -0.25) is 0 Å². The molecule has 0 nitrogen and oxygen atoms in total. The Kier molecular flexibility index (Phi) is 22.8. The minimum atomic E-state index is 0.887. The Bertz CT molecular complexity index is 16.0. The van der Waals surface area contributed by atoms with E-state index in [1.54, 1.807) is 0 Å². The van der Waals surface area contributed by atoms with E-state index in [4.69, 9.17) is 0 Å². The Hall–Kier alpha value is 0.868. The van der Waals surface area contributed by atoms with Crippen molar-refractivity contribution in [3.8, 4) is 0 Å². The third kappa shape index (κ3) is 28.8. The van der Waals surface area contributed by atoms with Crippen molar-refractivity contribution in [1.29, 1.82) is 0 Å². The van der Waals surface area contributed by atoms with E-state index in [9.17, 15) is 0 Å². The molecule has 0 atom stereocenters. The van der Waals surface area contributed by atoms with Crippen molar-refractivity contribution >= 4 is 36.6 Å². The van der Waals surface area contributed by atoms with Crippen molar-refractivity contribution in [3.05, 3.63) is 0 Å². The zero-order valence-electron chi connectivity index (χ0n) is 5.41. The molecule has 0 bridgehead atoms. The molecule has 42 valence electrons. The van der Waals surface area contributed by atoms with Crippen LogP contribution in [0.15, 0.2) is 0 Å². The Morgan fingerprint density at radius 1 is 1.00 bits per heavy atom. The first kappa shape index (κ1) is 11.6. The maximum atomic E-state index is 3.28. The SMILES string of the molecule is CCCC.[Si][Si][Si][Si]. The second kappa shape index (κ2) is 15.7. The molecule has 0 aliphatic heterocycles. The van der Waals surface area contributed by atoms with E-state index in [0.717, 1.165) is 17.1 Å². The van der Waals surface area contributed by atoms with Crippen molar-refractivity contribution in [2.24, 2.45) is 0 Å². The van der Waals surface area contributed by atoms with Gasteiger partial charge in [-0.2, -0.15) is 0 Å². The highest BCUT2D eigenvalue weighted by Gasteiger charge is 1.62. The summed E-state index contributed by atoms with van der Waals surface area (Å²) in [6, 6.07) is 0. The van der Waals surface area contributed by atoms with Gasteiger partial charge in [-0.25, -0.2) is 0 Å². The maximum Gasteiger partial charge on any atom is 0 e. The fourth-order valence-corrected chi connectivity index (χ4v) is 0. The Morgan fingerprint density at radius 2 is 1.25 bits per heavy atom. The van der Waals surface area contributed by atoms with Crippen LogP contribution in [0.5, 0.6) is 0 Å². The third-order valence-corrected chi connectivity index (χ3v) is 5.56. The molecule has 0 aliphatic rings. The molecule has 0 amide bonds. The van der Waals surface area contributed by atoms with Crippen LogP contribution in [-0.4, -0.2) is 36.6 Å². The monoisotopic (exact) mass is 170 g/mol. The van der Waals surface area contributed by atoms with Gasteiger partial charge in [-0.15, -0.1) is 0 Å². The Balaban J connectivity index is 0. The van der Waals surface area contributed by atoms with Gasteiger partial charge >= 0.3 is 0 Å². The zero-order chi connectivity index (χ0) is 6.83. The fourth-order valence-electron chi connectivity index (χ4n) is 0. The van der Waals surface area contributed by atoms with Crippen LogP contribution < -0.4 is 0 Å². The van der Waals surface area contributed by atoms with Gasteiger partial charge in [0.25, 0.3) is 0 Å². The van der Waals surface area contributed by atoms with E-state index < -0.39 is 0 Å². The van der Waals surface area contributed by atoms with E-state index >= 15 is 0 Å². The summed E-state index contributed by atoms with van der Waals surface area (Å²) >= 11 is 0. The first-order chi connectivity index (χ1) is 3.83. The van der Waals surface area contributed by atoms with Gasteiger partial charge in [0.1, 0.15) is 0 Å². The molecule has 0 spiro atoms. The molecule has 0 aliphatic carbocycles. The molecule has 0 heterocycles. The molecule has 10 radical (unpaired) electrons. The lowest BCUT2D eigenvalue weighted by molar-refractivity contribution is 0.886. The van der Waals surface area contributed by atoms with Crippen LogP contribution >= 0.6 is 0 Å². The lowest BCUT2D eigenvalue weighted by Crippen LogP contribution is -2.00. The third-order valence-electron chi connectivity index (χ3n) is 0.562. The topological polar surface area (TPSA) is 0 Å². The maximum absolute atomic E-state index is 3.28. The molecule has 0 fully saturated rings. The normalized spacial score (nSPS) is 7.50. The van der Waals surface area contributed by atoms with Crippen LogP contribution in [-0.2, 0) is 0 Å². The van der Waals surface area contributed by atoms with Gasteiger partial charge < -0.3 is 0 Å². The summed E-state index contributed by atoms with van der Waals surface area (Å²) in [6.45, 7) is 4.36. The van der Waals surface area contributed by atoms with Crippen LogP contribution in [0, 0.1) is 0 Å². The second-order valence-electron chi connectivity index (χ2n) is 1.25. The number of rotatable bonds is 2. The Labute approximate surface area is 63.7 Å². The van der Waals surface area contributed by atoms with E-state index in [-0.39, 0.29) is 0 Å². The van der Waals surface area contributed by atoms with Crippen LogP contribution in [0.2, 0.25) is 0 Å². The lowest BCUT2D eigenvalue weighted by atomic mass is 10.4. The minimum Gasteiger partial charge on any atom is -0.0654 e. The average molecular weight is 170 g/mol. The quantitative estimate of drug-likeness (QED) is 0.523. The van der Waals surface area contributed by atoms with Crippen LogP contribution in [0.25, 0.3) is 0 Å². The molecule has 0 N–H and O–H groups in total. The largest absolute Gasteiger partial charge is 0.0654 e. The molecule has 0 saturated carbocycles. The van der Waals surface area contributed by atoms with E-state index in [0.29, 0.717) is 0 Å². The van der Waals surface area contributed by atoms with Crippen molar-refractivity contribution in [2.45, 2.75) is 26.7 Å². The summed E-state index contributed by atoms with van der Waals surface area (Å²) in [4.78, 5) is 0. The van der Waals surface area contributed by atoms with E-state index in [1.807, 2.05) is 0 Å². The molecule has 0 aromatic rings. The summed E-state index contributed by atoms with van der Waals surface area (Å²) in [6.07, 6.45) is 2.64. The molecule has 8 heavy (non-hydrogen) atoms. The van der Waals surface area contributed by atoms with Crippen LogP contribution in [0.4, 0.5) is 0 Å². The summed E-state index contributed by atoms with van der Waals surface area (Å²) in [5, 5.41) is 0. The minimum absolute atomic E-state index is 0.887. The van der Waals surface area contributed by atoms with Crippen molar-refractivity contribution < 1.29 is 0 Å². The molecule has 0 aromatic carbocycles. The Morgan fingerprint density at radius 3 is 1.25 bits per heavy atom. The number of hydrogen-bond donors (Lipinski definition) is 0. The molecule has 0 aromatic heterocycles. The van der Waals surface area contributed by atoms with Gasteiger partial charge in [0.2, 0.25) is 0 Å². The fraction of sp³-hybridized carbons (Fsp3) is 1.00. The predicted octanol–water partition coefficient (Wildman–Crippen LogP) is 0.283. The van der Waals surface area contributed by atoms with Gasteiger partial charge in [-0.05, 0) is 0 Å². The van der Waals surface area contributed by atoms with Gasteiger partial charge in [0, 0.05) is 36.6 Å². The number of unbranched alkanes of at least 4 members (excludes halogenated alkanes) is 1. The van der Waals surface area contributed by atoms with Crippen molar-refractivity contribution in [2.75, 3.05) is 0 Å². The van der Waals surface area contributed by atoms with Gasteiger partial charge in [0.05, 0.1) is 0 Å². The van der Waals surface area contributed by atoms with E-state index in [2.05, 4.69) is 33.4 Å². The van der Waals surface area contributed by atoms with E-state index in [1.165, 1.54) is 12.8 Å². The molecule has 0 rings (SSSR count). The summed E-state index contributed by atoms with van der Waals surface area (Å²) in [5.41, 5.74) is 0. The highest BCUT2D eigenvalue weighted by molar-refractivity contribution is 7.37. The summed E-state index contributed by atoms with van der Waals surface area (Å²) in [7, 11) is 8.33. The predicted molar refractivity (Wildman–Crippen MR) is 43.6 cm³/mol. The average Bonchev–Trinajstić information content (AvgIpc) is 1.88. The second-order valence-corrected chi connectivity index (χ2v) is 7.75. The standard InChI is InChI=1S/C4H10.Si4/c2*1-3-4-2/h3-4H2,1-2H3;.